The van der Waals surface area contributed by atoms with Crippen LogP contribution in [0.4, 0.5) is 0 Å². The summed E-state index contributed by atoms with van der Waals surface area (Å²) in [7, 11) is 1.17. The molecule has 0 aromatic carbocycles. The van der Waals surface area contributed by atoms with E-state index >= 15 is 0 Å². The molecule has 12 heteroatoms. The van der Waals surface area contributed by atoms with E-state index in [1.165, 1.54) is 33.5 Å². The van der Waals surface area contributed by atoms with Crippen molar-refractivity contribution in [1.29, 1.82) is 0 Å². The first-order chi connectivity index (χ1) is 21.7. The van der Waals surface area contributed by atoms with Gasteiger partial charge in [-0.1, -0.05) is 25.5 Å². The summed E-state index contributed by atoms with van der Waals surface area (Å²) in [5, 5.41) is 0. The fraction of sp³-hybridized carbons (Fsp3) is 0.794. The molecule has 0 aromatic heterocycles. The molecule has 12 atom stereocenters. The maximum atomic E-state index is 12.9. The topological polar surface area (TPSA) is 150 Å². The average Bonchev–Trinajstić information content (AvgIpc) is 3.30. The van der Waals surface area contributed by atoms with Crippen LogP contribution in [0.5, 0.6) is 0 Å². The van der Waals surface area contributed by atoms with Crippen LogP contribution < -0.4 is 0 Å². The van der Waals surface area contributed by atoms with Gasteiger partial charge in [0.05, 0.1) is 13.2 Å². The van der Waals surface area contributed by atoms with Crippen molar-refractivity contribution in [2.75, 3.05) is 7.11 Å². The second-order valence-electron chi connectivity index (χ2n) is 14.2. The summed E-state index contributed by atoms with van der Waals surface area (Å²) >= 11 is 0. The van der Waals surface area contributed by atoms with E-state index in [2.05, 4.69) is 19.9 Å². The molecule has 3 saturated carbocycles. The summed E-state index contributed by atoms with van der Waals surface area (Å²) in [6, 6.07) is 0. The van der Waals surface area contributed by atoms with Gasteiger partial charge >= 0.3 is 29.8 Å². The lowest BCUT2D eigenvalue weighted by Crippen LogP contribution is -2.64. The van der Waals surface area contributed by atoms with Gasteiger partial charge in [0, 0.05) is 34.1 Å². The molecule has 256 valence electrons. The number of hydrogen-bond acceptors (Lipinski definition) is 12. The van der Waals surface area contributed by atoms with Crippen LogP contribution in [0.15, 0.2) is 11.6 Å². The van der Waals surface area contributed by atoms with Crippen molar-refractivity contribution in [3.8, 4) is 0 Å². The quantitative estimate of drug-likeness (QED) is 0.223. The first-order valence-corrected chi connectivity index (χ1v) is 16.4. The maximum absolute atomic E-state index is 12.9. The summed E-state index contributed by atoms with van der Waals surface area (Å²) in [6.45, 7) is 9.62. The number of allylic oxidation sites excluding steroid dienone is 1. The van der Waals surface area contributed by atoms with Gasteiger partial charge in [0.25, 0.3) is 0 Å². The van der Waals surface area contributed by atoms with Gasteiger partial charge in [-0.15, -0.1) is 0 Å². The van der Waals surface area contributed by atoms with Gasteiger partial charge in [-0.05, 0) is 73.5 Å². The van der Waals surface area contributed by atoms with Gasteiger partial charge in [0.1, 0.15) is 6.10 Å². The van der Waals surface area contributed by atoms with Crippen molar-refractivity contribution in [3.05, 3.63) is 11.6 Å². The fourth-order valence-electron chi connectivity index (χ4n) is 9.49. The Labute approximate surface area is 270 Å². The van der Waals surface area contributed by atoms with Gasteiger partial charge in [0.2, 0.25) is 0 Å². The lowest BCUT2D eigenvalue weighted by molar-refractivity contribution is -0.317. The highest BCUT2D eigenvalue weighted by Gasteiger charge is 2.61. The van der Waals surface area contributed by atoms with E-state index in [1.807, 2.05) is 0 Å². The van der Waals surface area contributed by atoms with Crippen molar-refractivity contribution in [3.63, 3.8) is 0 Å². The molecule has 3 unspecified atom stereocenters. The minimum atomic E-state index is -1.49. The van der Waals surface area contributed by atoms with Crippen LogP contribution in [0.25, 0.3) is 0 Å². The molecule has 0 bridgehead atoms. The number of fused-ring (bicyclic) bond motifs is 5. The highest BCUT2D eigenvalue weighted by Crippen LogP contribution is 2.65. The number of carbonyl (C=O) groups excluding carboxylic acids is 5. The molecular formula is C34H48O12. The van der Waals surface area contributed by atoms with Crippen LogP contribution in [-0.2, 0) is 57.1 Å². The Morgan fingerprint density at radius 1 is 0.761 bits per heavy atom. The molecule has 1 heterocycles. The van der Waals surface area contributed by atoms with Crippen molar-refractivity contribution < 1.29 is 57.1 Å². The maximum Gasteiger partial charge on any atom is 0.339 e. The van der Waals surface area contributed by atoms with E-state index in [-0.39, 0.29) is 29.0 Å². The highest BCUT2D eigenvalue weighted by molar-refractivity contribution is 5.77. The minimum Gasteiger partial charge on any atom is -0.467 e. The second-order valence-corrected chi connectivity index (χ2v) is 14.2. The SMILES string of the molecule is COC(=O)[C@H]1O[C@@H](O[C@@H]2CCC3C4CC=C5C[C@H](OC(C)=O)CC[C@]5(C)C4CC[C@@]32C)[C@H](OC(C)=O)[C@@H](OC(C)=O)[C@@H]1OC(C)=O. The molecule has 46 heavy (non-hydrogen) atoms. The van der Waals surface area contributed by atoms with Gasteiger partial charge in [-0.3, -0.25) is 19.2 Å². The van der Waals surface area contributed by atoms with Gasteiger partial charge in [-0.2, -0.15) is 0 Å². The fourth-order valence-corrected chi connectivity index (χ4v) is 9.49. The van der Waals surface area contributed by atoms with Gasteiger partial charge in [-0.25, -0.2) is 4.79 Å². The molecule has 0 aromatic rings. The van der Waals surface area contributed by atoms with Crippen LogP contribution in [0.3, 0.4) is 0 Å². The van der Waals surface area contributed by atoms with Gasteiger partial charge < -0.3 is 33.2 Å². The molecule has 0 spiro atoms. The molecule has 0 radical (unpaired) electrons. The number of esters is 5. The van der Waals surface area contributed by atoms with Crippen molar-refractivity contribution in [1.82, 2.24) is 0 Å². The molecular weight excluding hydrogens is 600 g/mol. The first kappa shape index (κ1) is 34.3. The Bertz CT molecular complexity index is 1260. The van der Waals surface area contributed by atoms with E-state index in [1.54, 1.807) is 0 Å². The first-order valence-electron chi connectivity index (χ1n) is 16.4. The summed E-state index contributed by atoms with van der Waals surface area (Å²) in [5.41, 5.74) is 1.24. The third-order valence-corrected chi connectivity index (χ3v) is 11.4. The highest BCUT2D eigenvalue weighted by atomic mass is 16.7. The number of carbonyl (C=O) groups is 5. The molecule has 0 amide bonds. The number of methoxy groups -OCH3 is 1. The van der Waals surface area contributed by atoms with Crippen molar-refractivity contribution in [2.45, 2.75) is 136 Å². The third kappa shape index (κ3) is 6.43. The molecule has 4 fully saturated rings. The van der Waals surface area contributed by atoms with Crippen LogP contribution in [0.2, 0.25) is 0 Å². The summed E-state index contributed by atoms with van der Waals surface area (Å²) < 4.78 is 39.9. The van der Waals surface area contributed by atoms with Gasteiger partial charge in [0.15, 0.2) is 30.7 Å². The Morgan fingerprint density at radius 2 is 1.39 bits per heavy atom. The zero-order chi connectivity index (χ0) is 33.6. The molecule has 5 rings (SSSR count). The average molecular weight is 649 g/mol. The van der Waals surface area contributed by atoms with Crippen LogP contribution in [-0.4, -0.2) is 79.9 Å². The summed E-state index contributed by atoms with van der Waals surface area (Å²) in [6.07, 6.45) is 2.31. The Balaban J connectivity index is 1.40. The largest absolute Gasteiger partial charge is 0.467 e. The third-order valence-electron chi connectivity index (χ3n) is 11.4. The van der Waals surface area contributed by atoms with E-state index < -0.39 is 54.6 Å². The zero-order valence-corrected chi connectivity index (χ0v) is 27.9. The van der Waals surface area contributed by atoms with E-state index in [0.29, 0.717) is 17.8 Å². The number of hydrogen-bond donors (Lipinski definition) is 0. The normalized spacial score (nSPS) is 41.4. The summed E-state index contributed by atoms with van der Waals surface area (Å²) in [4.78, 5) is 61.1. The molecule has 1 aliphatic heterocycles. The number of rotatable bonds is 7. The molecule has 4 aliphatic carbocycles. The van der Waals surface area contributed by atoms with Crippen molar-refractivity contribution in [2.24, 2.45) is 28.6 Å². The molecule has 12 nitrogen and oxygen atoms in total. The predicted molar refractivity (Wildman–Crippen MR) is 159 cm³/mol. The van der Waals surface area contributed by atoms with Crippen molar-refractivity contribution >= 4 is 29.8 Å². The number of ether oxygens (including phenoxy) is 7. The standard InChI is InChI=1S/C34H48O12/c1-17(35)41-22-12-14-33(5)21(16-22)8-9-23-24-10-11-26(34(24,6)15-13-25(23)33)45-32-30(44-20(4)38)28(43-19(3)37)27(42-18(2)36)29(46-32)31(39)40-7/h8,22-30,32H,9-16H2,1-7H3/t22-,23?,24?,25?,26-,27+,28+,29+,30-,32-,33+,34+/m1/s1. The van der Waals surface area contributed by atoms with E-state index in [4.69, 9.17) is 33.2 Å². The lowest BCUT2D eigenvalue weighted by Gasteiger charge is -2.58. The van der Waals surface area contributed by atoms with Crippen LogP contribution in [0, 0.1) is 28.6 Å². The Morgan fingerprint density at radius 3 is 2.02 bits per heavy atom. The second kappa shape index (κ2) is 13.3. The summed E-state index contributed by atoms with van der Waals surface area (Å²) in [5.74, 6) is -1.92. The van der Waals surface area contributed by atoms with Crippen LogP contribution >= 0.6 is 0 Å². The minimum absolute atomic E-state index is 0.0581. The zero-order valence-electron chi connectivity index (χ0n) is 27.9. The molecule has 5 aliphatic rings. The predicted octanol–water partition coefficient (Wildman–Crippen LogP) is 3.96. The van der Waals surface area contributed by atoms with E-state index in [9.17, 15) is 24.0 Å². The Kier molecular flexibility index (Phi) is 9.90. The van der Waals surface area contributed by atoms with E-state index in [0.717, 1.165) is 58.3 Å². The lowest BCUT2D eigenvalue weighted by atomic mass is 9.48. The van der Waals surface area contributed by atoms with Crippen LogP contribution in [0.1, 0.15) is 92.9 Å². The molecule has 0 N–H and O–H groups in total. The smallest absolute Gasteiger partial charge is 0.339 e. The molecule has 1 saturated heterocycles. The Hall–Kier alpha value is -2.99. The monoisotopic (exact) mass is 648 g/mol.